The molecule has 8 heteroatoms. The van der Waals surface area contributed by atoms with Gasteiger partial charge in [0.2, 0.25) is 11.1 Å². The molecule has 0 saturated heterocycles. The summed E-state index contributed by atoms with van der Waals surface area (Å²) in [5.41, 5.74) is 3.08. The molecular weight excluding hydrogens is 330 g/mol. The summed E-state index contributed by atoms with van der Waals surface area (Å²) < 4.78 is 6.51. The molecule has 0 unspecified atom stereocenters. The maximum atomic E-state index is 12.1. The SMILES string of the molecule is Cc1noc(Cl)c1CCC(=O)Nc1ccc(-c2ncn(C)n2)cc1. The minimum atomic E-state index is -0.102. The Hall–Kier alpha value is -2.67. The van der Waals surface area contributed by atoms with Gasteiger partial charge in [0.1, 0.15) is 6.33 Å². The monoisotopic (exact) mass is 345 g/mol. The lowest BCUT2D eigenvalue weighted by molar-refractivity contribution is -0.116. The molecule has 124 valence electrons. The molecule has 1 aromatic carbocycles. The van der Waals surface area contributed by atoms with Crippen LogP contribution in [0.25, 0.3) is 11.4 Å². The number of nitrogens with zero attached hydrogens (tertiary/aromatic N) is 4. The molecule has 0 saturated carbocycles. The number of rotatable bonds is 5. The van der Waals surface area contributed by atoms with Crippen LogP contribution in [0.15, 0.2) is 35.1 Å². The third-order valence-corrected chi connectivity index (χ3v) is 3.86. The zero-order valence-electron chi connectivity index (χ0n) is 13.3. The summed E-state index contributed by atoms with van der Waals surface area (Å²) in [6.45, 7) is 1.80. The van der Waals surface area contributed by atoms with Gasteiger partial charge < -0.3 is 9.84 Å². The van der Waals surface area contributed by atoms with Crippen LogP contribution in [-0.2, 0) is 18.3 Å². The standard InChI is InChI=1S/C16H16ClN5O2/c1-10-13(15(17)24-21-10)7-8-14(23)19-12-5-3-11(4-6-12)16-18-9-22(2)20-16/h3-6,9H,7-8H2,1-2H3,(H,19,23). The predicted molar refractivity (Wildman–Crippen MR) is 89.6 cm³/mol. The number of hydrogen-bond acceptors (Lipinski definition) is 5. The Morgan fingerprint density at radius 2 is 2.08 bits per heavy atom. The van der Waals surface area contributed by atoms with E-state index in [0.717, 1.165) is 11.1 Å². The van der Waals surface area contributed by atoms with Crippen LogP contribution >= 0.6 is 11.6 Å². The van der Waals surface area contributed by atoms with Gasteiger partial charge in [0, 0.05) is 30.3 Å². The zero-order chi connectivity index (χ0) is 17.1. The van der Waals surface area contributed by atoms with Gasteiger partial charge in [0.25, 0.3) is 0 Å². The molecule has 3 aromatic rings. The Kier molecular flexibility index (Phi) is 4.61. The second-order valence-electron chi connectivity index (χ2n) is 5.39. The van der Waals surface area contributed by atoms with Crippen LogP contribution in [-0.4, -0.2) is 25.8 Å². The van der Waals surface area contributed by atoms with Crippen molar-refractivity contribution in [3.8, 4) is 11.4 Å². The van der Waals surface area contributed by atoms with Crippen LogP contribution in [0.2, 0.25) is 5.22 Å². The van der Waals surface area contributed by atoms with Crippen molar-refractivity contribution in [3.05, 3.63) is 47.1 Å². The van der Waals surface area contributed by atoms with Gasteiger partial charge in [-0.25, -0.2) is 4.98 Å². The molecule has 0 aliphatic heterocycles. The molecule has 3 rings (SSSR count). The average Bonchev–Trinajstić information content (AvgIpc) is 3.13. The molecule has 0 aliphatic rings. The van der Waals surface area contributed by atoms with Crippen LogP contribution in [0.4, 0.5) is 5.69 Å². The summed E-state index contributed by atoms with van der Waals surface area (Å²) in [5, 5.41) is 11.1. The van der Waals surface area contributed by atoms with Crippen molar-refractivity contribution in [2.75, 3.05) is 5.32 Å². The highest BCUT2D eigenvalue weighted by Gasteiger charge is 2.13. The topological polar surface area (TPSA) is 85.8 Å². The fourth-order valence-corrected chi connectivity index (χ4v) is 2.54. The first kappa shape index (κ1) is 16.2. The Labute approximate surface area is 143 Å². The second-order valence-corrected chi connectivity index (χ2v) is 5.73. The smallest absolute Gasteiger partial charge is 0.229 e. The maximum Gasteiger partial charge on any atom is 0.229 e. The van der Waals surface area contributed by atoms with Crippen molar-refractivity contribution >= 4 is 23.2 Å². The first-order chi connectivity index (χ1) is 11.5. The van der Waals surface area contributed by atoms with Crippen LogP contribution in [0, 0.1) is 6.92 Å². The van der Waals surface area contributed by atoms with E-state index in [0.29, 0.717) is 30.0 Å². The van der Waals surface area contributed by atoms with E-state index in [2.05, 4.69) is 20.6 Å². The molecule has 0 radical (unpaired) electrons. The van der Waals surface area contributed by atoms with Crippen molar-refractivity contribution in [2.45, 2.75) is 19.8 Å². The van der Waals surface area contributed by atoms with E-state index in [4.69, 9.17) is 16.1 Å². The minimum Gasteiger partial charge on any atom is -0.344 e. The Balaban J connectivity index is 1.58. The van der Waals surface area contributed by atoms with E-state index in [1.807, 2.05) is 31.3 Å². The number of nitrogens with one attached hydrogen (secondary N) is 1. The normalized spacial score (nSPS) is 10.8. The van der Waals surface area contributed by atoms with Gasteiger partial charge in [-0.2, -0.15) is 5.10 Å². The number of benzene rings is 1. The molecule has 0 bridgehead atoms. The van der Waals surface area contributed by atoms with Gasteiger partial charge in [-0.15, -0.1) is 0 Å². The average molecular weight is 346 g/mol. The molecule has 0 spiro atoms. The second kappa shape index (κ2) is 6.84. The maximum absolute atomic E-state index is 12.1. The number of hydrogen-bond donors (Lipinski definition) is 1. The fraction of sp³-hybridized carbons (Fsp3) is 0.250. The highest BCUT2D eigenvalue weighted by atomic mass is 35.5. The molecular formula is C16H16ClN5O2. The highest BCUT2D eigenvalue weighted by Crippen LogP contribution is 2.21. The van der Waals surface area contributed by atoms with E-state index >= 15 is 0 Å². The number of anilines is 1. The quantitative estimate of drug-likeness (QED) is 0.768. The molecule has 1 amide bonds. The molecule has 24 heavy (non-hydrogen) atoms. The number of carbonyl (C=O) groups excluding carboxylic acids is 1. The first-order valence-electron chi connectivity index (χ1n) is 7.39. The van der Waals surface area contributed by atoms with E-state index in [-0.39, 0.29) is 11.1 Å². The van der Waals surface area contributed by atoms with Gasteiger partial charge in [-0.3, -0.25) is 9.48 Å². The summed E-state index contributed by atoms with van der Waals surface area (Å²) in [6, 6.07) is 7.38. The van der Waals surface area contributed by atoms with Crippen molar-refractivity contribution in [3.63, 3.8) is 0 Å². The minimum absolute atomic E-state index is 0.102. The molecule has 7 nitrogen and oxygen atoms in total. The number of aromatic nitrogens is 4. The Bertz CT molecular complexity index is 834. The Morgan fingerprint density at radius 1 is 1.33 bits per heavy atom. The van der Waals surface area contributed by atoms with E-state index in [1.54, 1.807) is 17.9 Å². The first-order valence-corrected chi connectivity index (χ1v) is 7.77. The lowest BCUT2D eigenvalue weighted by atomic mass is 10.1. The van der Waals surface area contributed by atoms with Crippen molar-refractivity contribution < 1.29 is 9.32 Å². The molecule has 0 aliphatic carbocycles. The van der Waals surface area contributed by atoms with Crippen LogP contribution in [0.5, 0.6) is 0 Å². The molecule has 2 heterocycles. The molecule has 0 atom stereocenters. The zero-order valence-corrected chi connectivity index (χ0v) is 14.0. The fourth-order valence-electron chi connectivity index (χ4n) is 2.28. The van der Waals surface area contributed by atoms with Crippen LogP contribution < -0.4 is 5.32 Å². The van der Waals surface area contributed by atoms with Gasteiger partial charge in [-0.05, 0) is 49.2 Å². The number of aryl methyl sites for hydroxylation is 2. The van der Waals surface area contributed by atoms with E-state index in [1.165, 1.54) is 0 Å². The predicted octanol–water partition coefficient (Wildman–Crippen LogP) is 3.00. The van der Waals surface area contributed by atoms with Gasteiger partial charge in [-0.1, -0.05) is 5.16 Å². The summed E-state index contributed by atoms with van der Waals surface area (Å²) in [7, 11) is 1.81. The number of halogens is 1. The summed E-state index contributed by atoms with van der Waals surface area (Å²) in [4.78, 5) is 16.2. The third-order valence-electron chi connectivity index (χ3n) is 3.57. The summed E-state index contributed by atoms with van der Waals surface area (Å²) in [6.07, 6.45) is 2.42. The lowest BCUT2D eigenvalue weighted by Crippen LogP contribution is -2.12. The van der Waals surface area contributed by atoms with Crippen molar-refractivity contribution in [1.82, 2.24) is 19.9 Å². The summed E-state index contributed by atoms with van der Waals surface area (Å²) in [5.74, 6) is 0.545. The van der Waals surface area contributed by atoms with Gasteiger partial charge in [0.05, 0.1) is 5.69 Å². The van der Waals surface area contributed by atoms with Crippen molar-refractivity contribution in [1.29, 1.82) is 0 Å². The molecule has 2 aromatic heterocycles. The molecule has 0 fully saturated rings. The van der Waals surface area contributed by atoms with Crippen LogP contribution in [0.3, 0.4) is 0 Å². The van der Waals surface area contributed by atoms with Crippen LogP contribution in [0.1, 0.15) is 17.7 Å². The summed E-state index contributed by atoms with van der Waals surface area (Å²) >= 11 is 5.89. The lowest BCUT2D eigenvalue weighted by Gasteiger charge is -2.05. The Morgan fingerprint density at radius 3 is 2.67 bits per heavy atom. The van der Waals surface area contributed by atoms with Gasteiger partial charge >= 0.3 is 0 Å². The van der Waals surface area contributed by atoms with E-state index in [9.17, 15) is 4.79 Å². The highest BCUT2D eigenvalue weighted by molar-refractivity contribution is 6.29. The van der Waals surface area contributed by atoms with E-state index < -0.39 is 0 Å². The number of carbonyl (C=O) groups is 1. The largest absolute Gasteiger partial charge is 0.344 e. The molecule has 1 N–H and O–H groups in total. The number of amides is 1. The third kappa shape index (κ3) is 3.62. The van der Waals surface area contributed by atoms with Crippen molar-refractivity contribution in [2.24, 2.45) is 7.05 Å². The van der Waals surface area contributed by atoms with Gasteiger partial charge in [0.15, 0.2) is 5.82 Å².